The highest BCUT2D eigenvalue weighted by Gasteiger charge is 2.48. The first-order chi connectivity index (χ1) is 9.77. The van der Waals surface area contributed by atoms with Crippen molar-refractivity contribution in [3.05, 3.63) is 0 Å². The molecule has 1 unspecified atom stereocenters. The van der Waals surface area contributed by atoms with E-state index in [-0.39, 0.29) is 11.5 Å². The summed E-state index contributed by atoms with van der Waals surface area (Å²) in [6, 6.07) is 0. The molecule has 1 aliphatic rings. The summed E-state index contributed by atoms with van der Waals surface area (Å²) in [5.74, 6) is -2.24. The summed E-state index contributed by atoms with van der Waals surface area (Å²) in [5, 5.41) is -1.78. The van der Waals surface area contributed by atoms with Crippen LogP contribution in [0.25, 0.3) is 0 Å². The summed E-state index contributed by atoms with van der Waals surface area (Å²) in [4.78, 5) is 39.1. The van der Waals surface area contributed by atoms with Crippen molar-refractivity contribution in [2.45, 2.75) is 43.8 Å². The predicted octanol–water partition coefficient (Wildman–Crippen LogP) is 0.340. The molecule has 0 radical (unpaired) electrons. The Labute approximate surface area is 127 Å². The Morgan fingerprint density at radius 1 is 1.29 bits per heavy atom. The van der Waals surface area contributed by atoms with Crippen molar-refractivity contribution in [2.75, 3.05) is 5.75 Å². The van der Waals surface area contributed by atoms with Crippen LogP contribution >= 0.6 is 12.6 Å². The number of hydrogen-bond acceptors (Lipinski definition) is 7. The second kappa shape index (κ2) is 7.76. The Hall–Kier alpha value is -1.13. The maximum atomic E-state index is 11.6. The number of amides is 2. The Balaban J connectivity index is 2.46. The van der Waals surface area contributed by atoms with Gasteiger partial charge in [0.2, 0.25) is 0 Å². The quantitative estimate of drug-likeness (QED) is 0.283. The molecule has 0 spiro atoms. The molecular weight excluding hydrogens is 322 g/mol. The average Bonchev–Trinajstić information content (AvgIpc) is 2.66. The van der Waals surface area contributed by atoms with E-state index in [9.17, 15) is 22.8 Å². The van der Waals surface area contributed by atoms with Gasteiger partial charge in [0.15, 0.2) is 5.25 Å². The average molecular weight is 339 g/mol. The highest BCUT2D eigenvalue weighted by atomic mass is 32.2. The number of imide groups is 1. The minimum atomic E-state index is -4.69. The van der Waals surface area contributed by atoms with Crippen LogP contribution in [0.3, 0.4) is 0 Å². The van der Waals surface area contributed by atoms with Crippen LogP contribution in [0.1, 0.15) is 38.5 Å². The summed E-state index contributed by atoms with van der Waals surface area (Å²) in [6.07, 6.45) is 2.43. The lowest BCUT2D eigenvalue weighted by atomic mass is 10.2. The van der Waals surface area contributed by atoms with Crippen LogP contribution in [-0.2, 0) is 29.3 Å². The fraction of sp³-hybridized carbons (Fsp3) is 0.727. The molecule has 0 aromatic rings. The molecule has 2 amide bonds. The molecule has 1 rings (SSSR count). The summed E-state index contributed by atoms with van der Waals surface area (Å²) in [5.41, 5.74) is 0. The molecule has 0 aromatic heterocycles. The van der Waals surface area contributed by atoms with Crippen LogP contribution < -0.4 is 0 Å². The molecule has 1 aliphatic heterocycles. The molecular formula is C11H17NO7S2. The van der Waals surface area contributed by atoms with Gasteiger partial charge in [0.05, 0.1) is 6.42 Å². The van der Waals surface area contributed by atoms with Crippen LogP contribution in [0.15, 0.2) is 0 Å². The van der Waals surface area contributed by atoms with Crippen LogP contribution in [0, 0.1) is 0 Å². The Morgan fingerprint density at radius 3 is 2.43 bits per heavy atom. The number of rotatable bonds is 8. The second-order valence-corrected chi connectivity index (χ2v) is 6.63. The van der Waals surface area contributed by atoms with E-state index >= 15 is 0 Å². The molecule has 1 saturated heterocycles. The molecule has 0 saturated carbocycles. The van der Waals surface area contributed by atoms with E-state index < -0.39 is 39.6 Å². The van der Waals surface area contributed by atoms with Crippen LogP contribution in [0.4, 0.5) is 0 Å². The van der Waals surface area contributed by atoms with Crippen molar-refractivity contribution >= 4 is 40.5 Å². The van der Waals surface area contributed by atoms with Gasteiger partial charge in [-0.2, -0.15) is 21.0 Å². The van der Waals surface area contributed by atoms with E-state index in [4.69, 9.17) is 4.55 Å². The number of unbranched alkanes of at least 4 members (excludes halogenated alkanes) is 3. The van der Waals surface area contributed by atoms with Crippen LogP contribution in [0.5, 0.6) is 0 Å². The first-order valence-electron chi connectivity index (χ1n) is 6.42. The van der Waals surface area contributed by atoms with Crippen molar-refractivity contribution in [3.8, 4) is 0 Å². The Kier molecular flexibility index (Phi) is 6.62. The third-order valence-electron chi connectivity index (χ3n) is 2.90. The minimum absolute atomic E-state index is 0.0141. The number of thiol groups is 1. The first kappa shape index (κ1) is 17.9. The van der Waals surface area contributed by atoms with E-state index in [0.717, 1.165) is 25.0 Å². The maximum Gasteiger partial charge on any atom is 0.333 e. The molecule has 1 N–H and O–H groups in total. The highest BCUT2D eigenvalue weighted by molar-refractivity contribution is 7.87. The van der Waals surface area contributed by atoms with Gasteiger partial charge in [-0.3, -0.25) is 14.1 Å². The molecule has 21 heavy (non-hydrogen) atoms. The molecule has 120 valence electrons. The van der Waals surface area contributed by atoms with Crippen LogP contribution in [0.2, 0.25) is 0 Å². The zero-order valence-electron chi connectivity index (χ0n) is 11.2. The molecule has 0 aromatic carbocycles. The van der Waals surface area contributed by atoms with Gasteiger partial charge in [-0.05, 0) is 18.6 Å². The number of hydroxylamine groups is 2. The van der Waals surface area contributed by atoms with Gasteiger partial charge < -0.3 is 4.84 Å². The van der Waals surface area contributed by atoms with Gasteiger partial charge in [0, 0.05) is 6.42 Å². The number of carbonyl (C=O) groups excluding carboxylic acids is 3. The van der Waals surface area contributed by atoms with Crippen molar-refractivity contribution < 1.29 is 32.2 Å². The highest BCUT2D eigenvalue weighted by Crippen LogP contribution is 2.20. The van der Waals surface area contributed by atoms with Gasteiger partial charge in [-0.1, -0.05) is 12.8 Å². The number of carbonyl (C=O) groups is 3. The molecule has 0 aliphatic carbocycles. The predicted molar refractivity (Wildman–Crippen MR) is 74.8 cm³/mol. The standard InChI is InChI=1S/C11H17NO7S2/c13-9-7-8(21(16,17)18)11(15)12(9)19-10(14)5-3-1-2-4-6-20/h8,20H,1-7H2,(H,16,17,18). The summed E-state index contributed by atoms with van der Waals surface area (Å²) in [6.45, 7) is 0. The SMILES string of the molecule is O=C(CCCCCCS)ON1C(=O)CC(S(=O)(=O)O)C1=O. The topological polar surface area (TPSA) is 118 Å². The number of nitrogens with zero attached hydrogens (tertiary/aromatic N) is 1. The monoisotopic (exact) mass is 339 g/mol. The summed E-state index contributed by atoms with van der Waals surface area (Å²) < 4.78 is 30.6. The normalized spacial score (nSPS) is 19.1. The Morgan fingerprint density at radius 2 is 1.90 bits per heavy atom. The zero-order valence-corrected chi connectivity index (χ0v) is 12.9. The molecule has 0 bridgehead atoms. The van der Waals surface area contributed by atoms with E-state index in [1.807, 2.05) is 0 Å². The molecule has 1 atom stereocenters. The zero-order chi connectivity index (χ0) is 16.0. The second-order valence-electron chi connectivity index (χ2n) is 4.59. The molecule has 10 heteroatoms. The molecule has 1 fully saturated rings. The molecule has 1 heterocycles. The van der Waals surface area contributed by atoms with Gasteiger partial charge in [-0.25, -0.2) is 4.79 Å². The van der Waals surface area contributed by atoms with E-state index in [0.29, 0.717) is 6.42 Å². The van der Waals surface area contributed by atoms with Gasteiger partial charge >= 0.3 is 5.97 Å². The largest absolute Gasteiger partial charge is 0.333 e. The van der Waals surface area contributed by atoms with Crippen molar-refractivity contribution in [2.24, 2.45) is 0 Å². The third kappa shape index (κ3) is 5.29. The van der Waals surface area contributed by atoms with E-state index in [1.165, 1.54) is 0 Å². The first-order valence-corrected chi connectivity index (χ1v) is 8.55. The smallest absolute Gasteiger partial charge is 0.330 e. The number of hydrogen-bond donors (Lipinski definition) is 2. The van der Waals surface area contributed by atoms with Crippen molar-refractivity contribution in [3.63, 3.8) is 0 Å². The summed E-state index contributed by atoms with van der Waals surface area (Å²) in [7, 11) is -4.69. The fourth-order valence-corrected chi connectivity index (χ4v) is 2.72. The van der Waals surface area contributed by atoms with Crippen LogP contribution in [-0.4, -0.2) is 46.8 Å². The van der Waals surface area contributed by atoms with Crippen molar-refractivity contribution in [1.29, 1.82) is 0 Å². The fourth-order valence-electron chi connectivity index (χ4n) is 1.79. The third-order valence-corrected chi connectivity index (χ3v) is 4.31. The lowest BCUT2D eigenvalue weighted by molar-refractivity contribution is -0.197. The van der Waals surface area contributed by atoms with Gasteiger partial charge in [0.1, 0.15) is 0 Å². The van der Waals surface area contributed by atoms with Gasteiger partial charge in [0.25, 0.3) is 21.9 Å². The lowest BCUT2D eigenvalue weighted by Crippen LogP contribution is -2.36. The van der Waals surface area contributed by atoms with E-state index in [1.54, 1.807) is 0 Å². The Bertz CT molecular complexity index is 517. The maximum absolute atomic E-state index is 11.6. The minimum Gasteiger partial charge on any atom is -0.330 e. The summed E-state index contributed by atoms with van der Waals surface area (Å²) >= 11 is 4.05. The van der Waals surface area contributed by atoms with Crippen molar-refractivity contribution in [1.82, 2.24) is 5.06 Å². The van der Waals surface area contributed by atoms with Gasteiger partial charge in [-0.15, -0.1) is 5.06 Å². The molecule has 8 nitrogen and oxygen atoms in total. The lowest BCUT2D eigenvalue weighted by Gasteiger charge is -2.13. The van der Waals surface area contributed by atoms with E-state index in [2.05, 4.69) is 17.5 Å².